The Morgan fingerprint density at radius 1 is 1.47 bits per heavy atom. The topological polar surface area (TPSA) is 38.3 Å². The molecule has 2 rings (SSSR count). The maximum atomic E-state index is 13.4. The third-order valence-electron chi connectivity index (χ3n) is 3.24. The fourth-order valence-corrected chi connectivity index (χ4v) is 2.06. The predicted molar refractivity (Wildman–Crippen MR) is 62.6 cm³/mol. The molecule has 1 heterocycles. The summed E-state index contributed by atoms with van der Waals surface area (Å²) in [7, 11) is 1.80. The zero-order valence-electron chi connectivity index (χ0n) is 10.00. The standard InChI is InChI=1S/C13H16FNO2/c1-8-3-4-9(5-11(8)14)13(16)10-6-17-7-12(10)15-2/h3-5,10,12,15H,6-7H2,1-2H3. The van der Waals surface area contributed by atoms with E-state index in [1.54, 1.807) is 26.1 Å². The smallest absolute Gasteiger partial charge is 0.170 e. The van der Waals surface area contributed by atoms with Crippen molar-refractivity contribution in [3.05, 3.63) is 35.1 Å². The van der Waals surface area contributed by atoms with Gasteiger partial charge in [0.15, 0.2) is 5.78 Å². The van der Waals surface area contributed by atoms with Gasteiger partial charge in [-0.2, -0.15) is 0 Å². The molecule has 1 aromatic rings. The maximum absolute atomic E-state index is 13.4. The summed E-state index contributed by atoms with van der Waals surface area (Å²) in [6.07, 6.45) is 0. The summed E-state index contributed by atoms with van der Waals surface area (Å²) in [5, 5.41) is 3.05. The molecule has 1 N–H and O–H groups in total. The molecule has 0 bridgehead atoms. The number of Topliss-reactive ketones (excluding diaryl/α,β-unsaturated/α-hetero) is 1. The average Bonchev–Trinajstić information content (AvgIpc) is 2.80. The zero-order chi connectivity index (χ0) is 12.4. The zero-order valence-corrected chi connectivity index (χ0v) is 10.00. The SMILES string of the molecule is CNC1COCC1C(=O)c1ccc(C)c(F)c1. The number of carbonyl (C=O) groups is 1. The van der Waals surface area contributed by atoms with E-state index in [1.807, 2.05) is 0 Å². The number of nitrogens with one attached hydrogen (secondary N) is 1. The molecule has 1 aliphatic rings. The Balaban J connectivity index is 2.21. The fourth-order valence-electron chi connectivity index (χ4n) is 2.06. The summed E-state index contributed by atoms with van der Waals surface area (Å²) in [6, 6.07) is 4.63. The highest BCUT2D eigenvalue weighted by atomic mass is 19.1. The van der Waals surface area contributed by atoms with Crippen LogP contribution in [-0.4, -0.2) is 32.1 Å². The predicted octanol–water partition coefficient (Wildman–Crippen LogP) is 1.55. The largest absolute Gasteiger partial charge is 0.379 e. The highest BCUT2D eigenvalue weighted by molar-refractivity contribution is 5.98. The second-order valence-electron chi connectivity index (χ2n) is 4.37. The minimum absolute atomic E-state index is 0.0202. The van der Waals surface area contributed by atoms with Gasteiger partial charge in [-0.05, 0) is 25.6 Å². The van der Waals surface area contributed by atoms with Crippen LogP contribution in [0.2, 0.25) is 0 Å². The van der Waals surface area contributed by atoms with Gasteiger partial charge < -0.3 is 10.1 Å². The van der Waals surface area contributed by atoms with Crippen LogP contribution in [0.4, 0.5) is 4.39 Å². The summed E-state index contributed by atoms with van der Waals surface area (Å²) < 4.78 is 18.7. The van der Waals surface area contributed by atoms with Crippen molar-refractivity contribution in [3.63, 3.8) is 0 Å². The first-order chi connectivity index (χ1) is 8.13. The van der Waals surface area contributed by atoms with Gasteiger partial charge in [0.2, 0.25) is 0 Å². The quantitative estimate of drug-likeness (QED) is 0.811. The summed E-state index contributed by atoms with van der Waals surface area (Å²) in [6.45, 7) is 2.61. The molecule has 0 saturated carbocycles. The molecular weight excluding hydrogens is 221 g/mol. The van der Waals surface area contributed by atoms with E-state index >= 15 is 0 Å². The van der Waals surface area contributed by atoms with Gasteiger partial charge in [-0.3, -0.25) is 4.79 Å². The molecule has 0 radical (unpaired) electrons. The van der Waals surface area contributed by atoms with Crippen molar-refractivity contribution in [3.8, 4) is 0 Å². The van der Waals surface area contributed by atoms with Crippen molar-refractivity contribution < 1.29 is 13.9 Å². The molecule has 92 valence electrons. The van der Waals surface area contributed by atoms with Crippen molar-refractivity contribution in [1.82, 2.24) is 5.32 Å². The number of hydrogen-bond acceptors (Lipinski definition) is 3. The molecule has 2 atom stereocenters. The van der Waals surface area contributed by atoms with Crippen LogP contribution in [0.25, 0.3) is 0 Å². The molecule has 1 fully saturated rings. The van der Waals surface area contributed by atoms with Crippen LogP contribution in [0, 0.1) is 18.7 Å². The molecule has 2 unspecified atom stereocenters. The Hall–Kier alpha value is -1.26. The number of carbonyl (C=O) groups excluding carboxylic acids is 1. The van der Waals surface area contributed by atoms with Crippen LogP contribution in [0.1, 0.15) is 15.9 Å². The van der Waals surface area contributed by atoms with Crippen LogP contribution in [0.3, 0.4) is 0 Å². The number of rotatable bonds is 3. The number of ether oxygens (including phenoxy) is 1. The minimum atomic E-state index is -0.337. The molecular formula is C13H16FNO2. The third-order valence-corrected chi connectivity index (χ3v) is 3.24. The Bertz CT molecular complexity index is 433. The number of benzene rings is 1. The van der Waals surface area contributed by atoms with E-state index in [1.165, 1.54) is 6.07 Å². The lowest BCUT2D eigenvalue weighted by molar-refractivity contribution is 0.0892. The normalized spacial score (nSPS) is 23.9. The lowest BCUT2D eigenvalue weighted by atomic mass is 9.93. The van der Waals surface area contributed by atoms with Gasteiger partial charge >= 0.3 is 0 Å². The first-order valence-electron chi connectivity index (χ1n) is 5.69. The van der Waals surface area contributed by atoms with E-state index < -0.39 is 0 Å². The second kappa shape index (κ2) is 4.94. The Labute approximate surface area is 100.0 Å². The van der Waals surface area contributed by atoms with Crippen LogP contribution in [0.15, 0.2) is 18.2 Å². The molecule has 0 aliphatic carbocycles. The first kappa shape index (κ1) is 12.2. The van der Waals surface area contributed by atoms with Crippen LogP contribution in [0.5, 0.6) is 0 Å². The van der Waals surface area contributed by atoms with E-state index in [9.17, 15) is 9.18 Å². The molecule has 0 amide bonds. The van der Waals surface area contributed by atoms with Crippen molar-refractivity contribution >= 4 is 5.78 Å². The highest BCUT2D eigenvalue weighted by Gasteiger charge is 2.33. The van der Waals surface area contributed by atoms with Gasteiger partial charge in [-0.15, -0.1) is 0 Å². The van der Waals surface area contributed by atoms with E-state index in [-0.39, 0.29) is 23.6 Å². The molecule has 0 spiro atoms. The number of hydrogen-bond donors (Lipinski definition) is 1. The lowest BCUT2D eigenvalue weighted by Gasteiger charge is -2.15. The van der Waals surface area contributed by atoms with Gasteiger partial charge in [0.1, 0.15) is 5.82 Å². The third kappa shape index (κ3) is 2.37. The summed E-state index contributed by atoms with van der Waals surface area (Å²) in [4.78, 5) is 12.2. The molecule has 0 aromatic heterocycles. The van der Waals surface area contributed by atoms with Crippen LogP contribution < -0.4 is 5.32 Å². The number of halogens is 1. The average molecular weight is 237 g/mol. The fraction of sp³-hybridized carbons (Fsp3) is 0.462. The molecule has 1 aliphatic heterocycles. The molecule has 1 aromatic carbocycles. The van der Waals surface area contributed by atoms with E-state index in [0.717, 1.165) is 0 Å². The summed E-state index contributed by atoms with van der Waals surface area (Å²) >= 11 is 0. The Morgan fingerprint density at radius 2 is 2.24 bits per heavy atom. The van der Waals surface area contributed by atoms with Gasteiger partial charge in [-0.1, -0.05) is 12.1 Å². The molecule has 4 heteroatoms. The second-order valence-corrected chi connectivity index (χ2v) is 4.37. The van der Waals surface area contributed by atoms with E-state index in [0.29, 0.717) is 24.3 Å². The monoisotopic (exact) mass is 237 g/mol. The van der Waals surface area contributed by atoms with Crippen molar-refractivity contribution in [2.45, 2.75) is 13.0 Å². The van der Waals surface area contributed by atoms with Gasteiger partial charge in [0, 0.05) is 11.6 Å². The number of likely N-dealkylation sites (N-methyl/N-ethyl adjacent to an activating group) is 1. The van der Waals surface area contributed by atoms with Crippen LogP contribution >= 0.6 is 0 Å². The van der Waals surface area contributed by atoms with Gasteiger partial charge in [0.05, 0.1) is 19.1 Å². The van der Waals surface area contributed by atoms with Crippen LogP contribution in [-0.2, 0) is 4.74 Å². The van der Waals surface area contributed by atoms with Crippen molar-refractivity contribution in [2.75, 3.05) is 20.3 Å². The molecule has 17 heavy (non-hydrogen) atoms. The van der Waals surface area contributed by atoms with Crippen molar-refractivity contribution in [1.29, 1.82) is 0 Å². The highest BCUT2D eigenvalue weighted by Crippen LogP contribution is 2.20. The maximum Gasteiger partial charge on any atom is 0.170 e. The van der Waals surface area contributed by atoms with Crippen molar-refractivity contribution in [2.24, 2.45) is 5.92 Å². The van der Waals surface area contributed by atoms with E-state index in [2.05, 4.69) is 5.32 Å². The first-order valence-corrected chi connectivity index (χ1v) is 5.69. The minimum Gasteiger partial charge on any atom is -0.379 e. The Kier molecular flexibility index (Phi) is 3.54. The summed E-state index contributed by atoms with van der Waals surface area (Å²) in [5.41, 5.74) is 0.971. The molecule has 1 saturated heterocycles. The molecule has 3 nitrogen and oxygen atoms in total. The van der Waals surface area contributed by atoms with E-state index in [4.69, 9.17) is 4.74 Å². The van der Waals surface area contributed by atoms with Gasteiger partial charge in [-0.25, -0.2) is 4.39 Å². The Morgan fingerprint density at radius 3 is 2.88 bits per heavy atom. The summed E-state index contributed by atoms with van der Waals surface area (Å²) in [5.74, 6) is -0.612. The number of aryl methyl sites for hydroxylation is 1. The van der Waals surface area contributed by atoms with Gasteiger partial charge in [0.25, 0.3) is 0 Å². The lowest BCUT2D eigenvalue weighted by Crippen LogP contribution is -2.37. The number of ketones is 1.